The van der Waals surface area contributed by atoms with Gasteiger partial charge in [0.25, 0.3) is 0 Å². The second kappa shape index (κ2) is 5.44. The molecule has 0 saturated heterocycles. The maximum atomic E-state index is 13.5. The summed E-state index contributed by atoms with van der Waals surface area (Å²) in [6, 6.07) is 3.93. The van der Waals surface area contributed by atoms with Crippen molar-refractivity contribution in [2.24, 2.45) is 0 Å². The lowest BCUT2D eigenvalue weighted by Crippen LogP contribution is -2.36. The van der Waals surface area contributed by atoms with Gasteiger partial charge >= 0.3 is 0 Å². The number of benzene rings is 1. The van der Waals surface area contributed by atoms with Crippen molar-refractivity contribution in [1.29, 1.82) is 0 Å². The summed E-state index contributed by atoms with van der Waals surface area (Å²) in [6.07, 6.45) is 2.06. The molecule has 0 aromatic heterocycles. The summed E-state index contributed by atoms with van der Waals surface area (Å²) in [5, 5.41) is 5.70. The average Bonchev–Trinajstić information content (AvgIpc) is 3.13. The number of carbonyl (C=O) groups is 1. The third kappa shape index (κ3) is 3.26. The standard InChI is InChI=1S/C13H16F2N2O/c1-8(10-3-2-4-11(14)13(10)15)16-7-12(18)17-9-5-6-9/h2-4,8-9,16H,5-7H2,1H3,(H,17,18)/t8-/m1/s1. The van der Waals surface area contributed by atoms with Gasteiger partial charge in [-0.25, -0.2) is 8.78 Å². The third-order valence-electron chi connectivity index (χ3n) is 2.96. The number of carbonyl (C=O) groups excluding carboxylic acids is 1. The quantitative estimate of drug-likeness (QED) is 0.842. The lowest BCUT2D eigenvalue weighted by Gasteiger charge is -2.15. The Morgan fingerprint density at radius 2 is 2.17 bits per heavy atom. The molecule has 1 aromatic rings. The molecule has 5 heteroatoms. The molecule has 1 aliphatic rings. The van der Waals surface area contributed by atoms with Gasteiger partial charge in [-0.2, -0.15) is 0 Å². The predicted octanol–water partition coefficient (Wildman–Crippen LogP) is 1.89. The Kier molecular flexibility index (Phi) is 3.91. The Bertz CT molecular complexity index is 447. The Hall–Kier alpha value is -1.49. The first-order chi connectivity index (χ1) is 8.58. The average molecular weight is 254 g/mol. The molecular weight excluding hydrogens is 238 g/mol. The molecular formula is C13H16F2N2O. The lowest BCUT2D eigenvalue weighted by molar-refractivity contribution is -0.120. The van der Waals surface area contributed by atoms with E-state index < -0.39 is 17.7 Å². The fourth-order valence-corrected chi connectivity index (χ4v) is 1.72. The topological polar surface area (TPSA) is 41.1 Å². The van der Waals surface area contributed by atoms with Gasteiger partial charge in [0.2, 0.25) is 5.91 Å². The lowest BCUT2D eigenvalue weighted by atomic mass is 10.1. The van der Waals surface area contributed by atoms with Crippen molar-refractivity contribution in [2.75, 3.05) is 6.54 Å². The van der Waals surface area contributed by atoms with Gasteiger partial charge < -0.3 is 10.6 Å². The first-order valence-electron chi connectivity index (χ1n) is 6.04. The predicted molar refractivity (Wildman–Crippen MR) is 63.9 cm³/mol. The molecule has 0 spiro atoms. The van der Waals surface area contributed by atoms with Gasteiger partial charge in [-0.1, -0.05) is 12.1 Å². The van der Waals surface area contributed by atoms with Crippen LogP contribution in [0.15, 0.2) is 18.2 Å². The van der Waals surface area contributed by atoms with Crippen LogP contribution in [0.3, 0.4) is 0 Å². The van der Waals surface area contributed by atoms with Crippen LogP contribution in [0.25, 0.3) is 0 Å². The largest absolute Gasteiger partial charge is 0.352 e. The van der Waals surface area contributed by atoms with Crippen LogP contribution in [0, 0.1) is 11.6 Å². The molecule has 0 radical (unpaired) electrons. The van der Waals surface area contributed by atoms with Crippen molar-refractivity contribution in [1.82, 2.24) is 10.6 Å². The Morgan fingerprint density at radius 3 is 2.83 bits per heavy atom. The van der Waals surface area contributed by atoms with E-state index in [2.05, 4.69) is 10.6 Å². The first kappa shape index (κ1) is 13.0. The van der Waals surface area contributed by atoms with Crippen LogP contribution in [-0.2, 0) is 4.79 Å². The molecule has 3 nitrogen and oxygen atoms in total. The number of halogens is 2. The molecule has 1 saturated carbocycles. The van der Waals surface area contributed by atoms with E-state index in [1.807, 2.05) is 0 Å². The van der Waals surface area contributed by atoms with Crippen molar-refractivity contribution in [3.63, 3.8) is 0 Å². The molecule has 1 amide bonds. The molecule has 0 aliphatic heterocycles. The van der Waals surface area contributed by atoms with E-state index in [-0.39, 0.29) is 18.0 Å². The van der Waals surface area contributed by atoms with E-state index in [4.69, 9.17) is 0 Å². The fourth-order valence-electron chi connectivity index (χ4n) is 1.72. The Labute approximate surface area is 105 Å². The molecule has 1 aromatic carbocycles. The molecule has 1 aliphatic carbocycles. The zero-order valence-electron chi connectivity index (χ0n) is 10.2. The van der Waals surface area contributed by atoms with Gasteiger partial charge in [-0.15, -0.1) is 0 Å². The van der Waals surface area contributed by atoms with Gasteiger partial charge in [0.05, 0.1) is 6.54 Å². The second-order valence-corrected chi connectivity index (χ2v) is 4.59. The van der Waals surface area contributed by atoms with E-state index in [1.54, 1.807) is 6.92 Å². The molecule has 2 N–H and O–H groups in total. The highest BCUT2D eigenvalue weighted by Crippen LogP contribution is 2.19. The summed E-state index contributed by atoms with van der Waals surface area (Å²) in [5.74, 6) is -1.84. The van der Waals surface area contributed by atoms with E-state index in [1.165, 1.54) is 12.1 Å². The monoisotopic (exact) mass is 254 g/mol. The summed E-state index contributed by atoms with van der Waals surface area (Å²) in [5.41, 5.74) is 0.231. The van der Waals surface area contributed by atoms with Gasteiger partial charge in [0.15, 0.2) is 11.6 Å². The van der Waals surface area contributed by atoms with Crippen LogP contribution in [0.4, 0.5) is 8.78 Å². The molecule has 0 unspecified atom stereocenters. The van der Waals surface area contributed by atoms with Crippen LogP contribution < -0.4 is 10.6 Å². The van der Waals surface area contributed by atoms with Crippen molar-refractivity contribution in [3.05, 3.63) is 35.4 Å². The smallest absolute Gasteiger partial charge is 0.234 e. The molecule has 1 fully saturated rings. The first-order valence-corrected chi connectivity index (χ1v) is 6.04. The number of hydrogen-bond acceptors (Lipinski definition) is 2. The molecule has 98 valence electrons. The van der Waals surface area contributed by atoms with Crippen LogP contribution in [0.5, 0.6) is 0 Å². The van der Waals surface area contributed by atoms with Crippen LogP contribution in [0.1, 0.15) is 31.4 Å². The summed E-state index contributed by atoms with van der Waals surface area (Å²) < 4.78 is 26.5. The number of hydrogen-bond donors (Lipinski definition) is 2. The Morgan fingerprint density at radius 1 is 1.44 bits per heavy atom. The van der Waals surface area contributed by atoms with Crippen LogP contribution >= 0.6 is 0 Å². The summed E-state index contributed by atoms with van der Waals surface area (Å²) in [4.78, 5) is 11.4. The molecule has 18 heavy (non-hydrogen) atoms. The zero-order valence-corrected chi connectivity index (χ0v) is 10.2. The van der Waals surface area contributed by atoms with Crippen molar-refractivity contribution in [3.8, 4) is 0 Å². The maximum absolute atomic E-state index is 13.5. The highest BCUT2D eigenvalue weighted by molar-refractivity contribution is 5.78. The van der Waals surface area contributed by atoms with Crippen molar-refractivity contribution >= 4 is 5.91 Å². The highest BCUT2D eigenvalue weighted by atomic mass is 19.2. The maximum Gasteiger partial charge on any atom is 0.234 e. The molecule has 0 bridgehead atoms. The molecule has 1 atom stereocenters. The number of amides is 1. The number of nitrogens with one attached hydrogen (secondary N) is 2. The van der Waals surface area contributed by atoms with E-state index >= 15 is 0 Å². The minimum Gasteiger partial charge on any atom is -0.352 e. The van der Waals surface area contributed by atoms with Gasteiger partial charge in [0.1, 0.15) is 0 Å². The van der Waals surface area contributed by atoms with Crippen LogP contribution in [-0.4, -0.2) is 18.5 Å². The van der Waals surface area contributed by atoms with Gasteiger partial charge in [0, 0.05) is 17.6 Å². The zero-order chi connectivity index (χ0) is 13.1. The second-order valence-electron chi connectivity index (χ2n) is 4.59. The number of rotatable bonds is 5. The van der Waals surface area contributed by atoms with E-state index in [0.29, 0.717) is 6.04 Å². The minimum absolute atomic E-state index is 0.105. The molecule has 2 rings (SSSR count). The van der Waals surface area contributed by atoms with Crippen LogP contribution in [0.2, 0.25) is 0 Å². The fraction of sp³-hybridized carbons (Fsp3) is 0.462. The normalized spacial score (nSPS) is 16.4. The summed E-state index contributed by atoms with van der Waals surface area (Å²) in [6.45, 7) is 1.80. The summed E-state index contributed by atoms with van der Waals surface area (Å²) >= 11 is 0. The minimum atomic E-state index is -0.872. The van der Waals surface area contributed by atoms with Crippen molar-refractivity contribution in [2.45, 2.75) is 31.8 Å². The highest BCUT2D eigenvalue weighted by Gasteiger charge is 2.23. The Balaban J connectivity index is 1.88. The van der Waals surface area contributed by atoms with Gasteiger partial charge in [-0.3, -0.25) is 4.79 Å². The van der Waals surface area contributed by atoms with E-state index in [9.17, 15) is 13.6 Å². The van der Waals surface area contributed by atoms with E-state index in [0.717, 1.165) is 18.9 Å². The summed E-state index contributed by atoms with van der Waals surface area (Å²) in [7, 11) is 0. The van der Waals surface area contributed by atoms with Gasteiger partial charge in [-0.05, 0) is 25.8 Å². The molecule has 0 heterocycles. The SMILES string of the molecule is C[C@@H](NCC(=O)NC1CC1)c1cccc(F)c1F. The van der Waals surface area contributed by atoms with Crippen molar-refractivity contribution < 1.29 is 13.6 Å². The third-order valence-corrected chi connectivity index (χ3v) is 2.96.